The minimum atomic E-state index is -0.627. The molecule has 124 valence electrons. The quantitative estimate of drug-likeness (QED) is 0.656. The molecule has 9 heteroatoms. The predicted molar refractivity (Wildman–Crippen MR) is 86.3 cm³/mol. The Kier molecular flexibility index (Phi) is 3.04. The summed E-state index contributed by atoms with van der Waals surface area (Å²) in [5.41, 5.74) is 6.57. The van der Waals surface area contributed by atoms with Crippen LogP contribution in [-0.4, -0.2) is 26.5 Å². The van der Waals surface area contributed by atoms with Crippen LogP contribution in [-0.2, 0) is 0 Å². The van der Waals surface area contributed by atoms with Crippen molar-refractivity contribution < 1.29 is 14.1 Å². The maximum Gasteiger partial charge on any atom is 0.262 e. The number of anilines is 1. The van der Waals surface area contributed by atoms with Crippen molar-refractivity contribution in [1.29, 1.82) is 0 Å². The highest BCUT2D eigenvalue weighted by Crippen LogP contribution is 2.24. The van der Waals surface area contributed by atoms with Crippen LogP contribution in [0, 0.1) is 6.92 Å². The van der Waals surface area contributed by atoms with Crippen LogP contribution >= 0.6 is 0 Å². The number of nitrogens with zero attached hydrogens (tertiary/aromatic N) is 3. The van der Waals surface area contributed by atoms with Gasteiger partial charge in [-0.3, -0.25) is 24.3 Å². The minimum Gasteiger partial charge on any atom is -0.384 e. The molecular formula is C16H11N5O4. The van der Waals surface area contributed by atoms with Crippen LogP contribution in [0.4, 0.5) is 5.82 Å². The number of nitrogens with two attached hydrogens (primary N) is 1. The Labute approximate surface area is 140 Å². The van der Waals surface area contributed by atoms with Crippen LogP contribution in [0.3, 0.4) is 0 Å². The third-order valence-electron chi connectivity index (χ3n) is 3.85. The van der Waals surface area contributed by atoms with Crippen molar-refractivity contribution in [1.82, 2.24) is 20.0 Å². The SMILES string of the molecule is Cc1noc(-c2ccc(-n3c(N)c4c(cc3=O)C(=O)NC4=O)cc2)n1. The molecular weight excluding hydrogens is 326 g/mol. The Morgan fingerprint density at radius 2 is 1.84 bits per heavy atom. The van der Waals surface area contributed by atoms with Gasteiger partial charge in [-0.15, -0.1) is 0 Å². The van der Waals surface area contributed by atoms with Crippen LogP contribution in [0.15, 0.2) is 39.6 Å². The highest BCUT2D eigenvalue weighted by atomic mass is 16.5. The van der Waals surface area contributed by atoms with Gasteiger partial charge in [0.05, 0.1) is 16.8 Å². The second kappa shape index (κ2) is 5.13. The highest BCUT2D eigenvalue weighted by Gasteiger charge is 2.31. The lowest BCUT2D eigenvalue weighted by molar-refractivity contribution is 0.0880. The van der Waals surface area contributed by atoms with Crippen LogP contribution in [0.25, 0.3) is 17.1 Å². The smallest absolute Gasteiger partial charge is 0.262 e. The summed E-state index contributed by atoms with van der Waals surface area (Å²) in [6.45, 7) is 1.71. The molecule has 1 aromatic carbocycles. The van der Waals surface area contributed by atoms with Gasteiger partial charge in [0.15, 0.2) is 5.82 Å². The first kappa shape index (κ1) is 14.8. The lowest BCUT2D eigenvalue weighted by Gasteiger charge is -2.11. The lowest BCUT2D eigenvalue weighted by atomic mass is 10.1. The molecule has 0 fully saturated rings. The van der Waals surface area contributed by atoms with E-state index in [9.17, 15) is 14.4 Å². The number of imide groups is 1. The van der Waals surface area contributed by atoms with Crippen molar-refractivity contribution >= 4 is 17.6 Å². The normalized spacial score (nSPS) is 13.0. The number of aromatic nitrogens is 3. The Morgan fingerprint density at radius 1 is 1.12 bits per heavy atom. The fourth-order valence-corrected chi connectivity index (χ4v) is 2.71. The topological polar surface area (TPSA) is 133 Å². The lowest BCUT2D eigenvalue weighted by Crippen LogP contribution is -2.24. The first-order valence-electron chi connectivity index (χ1n) is 7.28. The maximum absolute atomic E-state index is 12.4. The zero-order chi connectivity index (χ0) is 17.7. The third-order valence-corrected chi connectivity index (χ3v) is 3.85. The van der Waals surface area contributed by atoms with Gasteiger partial charge in [0.1, 0.15) is 5.82 Å². The fourth-order valence-electron chi connectivity index (χ4n) is 2.71. The molecule has 1 aliphatic heterocycles. The number of carbonyl (C=O) groups excluding carboxylic acids is 2. The minimum absolute atomic E-state index is 0.00111. The van der Waals surface area contributed by atoms with E-state index < -0.39 is 17.4 Å². The van der Waals surface area contributed by atoms with Crippen LogP contribution < -0.4 is 16.6 Å². The first-order valence-corrected chi connectivity index (χ1v) is 7.28. The van der Waals surface area contributed by atoms with Crippen molar-refractivity contribution in [2.24, 2.45) is 0 Å². The van der Waals surface area contributed by atoms with Crippen LogP contribution in [0.1, 0.15) is 26.5 Å². The molecule has 0 bridgehead atoms. The number of amides is 2. The van der Waals surface area contributed by atoms with E-state index in [-0.39, 0.29) is 16.9 Å². The van der Waals surface area contributed by atoms with Crippen molar-refractivity contribution in [2.75, 3.05) is 5.73 Å². The van der Waals surface area contributed by atoms with Gasteiger partial charge in [0.25, 0.3) is 23.3 Å². The van der Waals surface area contributed by atoms with Gasteiger partial charge < -0.3 is 10.3 Å². The second-order valence-electron chi connectivity index (χ2n) is 5.47. The maximum atomic E-state index is 12.4. The molecule has 2 aromatic heterocycles. The first-order chi connectivity index (χ1) is 12.0. The van der Waals surface area contributed by atoms with Gasteiger partial charge in [0.2, 0.25) is 0 Å². The number of hydrogen-bond acceptors (Lipinski definition) is 7. The van der Waals surface area contributed by atoms with E-state index in [0.29, 0.717) is 23.0 Å². The molecule has 3 aromatic rings. The summed E-state index contributed by atoms with van der Waals surface area (Å²) in [6, 6.07) is 7.74. The van der Waals surface area contributed by atoms with Gasteiger partial charge in [-0.05, 0) is 31.2 Å². The largest absolute Gasteiger partial charge is 0.384 e. The van der Waals surface area contributed by atoms with Crippen molar-refractivity contribution in [3.63, 3.8) is 0 Å². The summed E-state index contributed by atoms with van der Waals surface area (Å²) >= 11 is 0. The Morgan fingerprint density at radius 3 is 2.48 bits per heavy atom. The van der Waals surface area contributed by atoms with Gasteiger partial charge >= 0.3 is 0 Å². The van der Waals surface area contributed by atoms with Gasteiger partial charge in [0, 0.05) is 11.6 Å². The molecule has 3 N–H and O–H groups in total. The van der Waals surface area contributed by atoms with Crippen molar-refractivity contribution in [2.45, 2.75) is 6.92 Å². The number of nitrogen functional groups attached to an aromatic ring is 1. The molecule has 4 rings (SSSR count). The molecule has 0 spiro atoms. The number of carbonyl (C=O) groups is 2. The molecule has 1 aliphatic rings. The number of hydrogen-bond donors (Lipinski definition) is 2. The summed E-state index contributed by atoms with van der Waals surface area (Å²) in [6.07, 6.45) is 0. The molecule has 2 amide bonds. The third kappa shape index (κ3) is 2.21. The van der Waals surface area contributed by atoms with Crippen molar-refractivity contribution in [3.05, 3.63) is 57.6 Å². The molecule has 0 radical (unpaired) electrons. The van der Waals surface area contributed by atoms with Crippen molar-refractivity contribution in [3.8, 4) is 17.1 Å². The number of pyridine rings is 1. The van der Waals surface area contributed by atoms with E-state index in [1.165, 1.54) is 4.57 Å². The predicted octanol–water partition coefficient (Wildman–Crippen LogP) is 0.662. The van der Waals surface area contributed by atoms with E-state index >= 15 is 0 Å². The van der Waals surface area contributed by atoms with E-state index in [1.807, 2.05) is 0 Å². The van der Waals surface area contributed by atoms with Gasteiger partial charge in [-0.2, -0.15) is 4.98 Å². The van der Waals surface area contributed by atoms with E-state index in [2.05, 4.69) is 15.5 Å². The second-order valence-corrected chi connectivity index (χ2v) is 5.47. The van der Waals surface area contributed by atoms with E-state index in [1.54, 1.807) is 31.2 Å². The Balaban J connectivity index is 1.83. The fraction of sp³-hybridized carbons (Fsp3) is 0.0625. The molecule has 3 heterocycles. The Bertz CT molecular complexity index is 1090. The molecule has 9 nitrogen and oxygen atoms in total. The Hall–Kier alpha value is -3.75. The summed E-state index contributed by atoms with van der Waals surface area (Å²) in [4.78, 5) is 40.0. The zero-order valence-corrected chi connectivity index (χ0v) is 12.9. The average molecular weight is 337 g/mol. The molecule has 0 saturated heterocycles. The monoisotopic (exact) mass is 337 g/mol. The summed E-state index contributed by atoms with van der Waals surface area (Å²) in [5.74, 6) is -0.480. The number of rotatable bonds is 2. The summed E-state index contributed by atoms with van der Waals surface area (Å²) < 4.78 is 6.25. The van der Waals surface area contributed by atoms with Crippen LogP contribution in [0.5, 0.6) is 0 Å². The standard InChI is InChI=1S/C16H11N5O4/c1-7-18-16(25-20-7)8-2-4-9(5-3-8)21-11(22)6-10-12(13(21)17)15(24)19-14(10)23/h2-6H,17H2,1H3,(H,19,23,24). The molecule has 25 heavy (non-hydrogen) atoms. The summed E-state index contributed by atoms with van der Waals surface area (Å²) in [5, 5.41) is 5.84. The number of fused-ring (bicyclic) bond motifs is 1. The molecule has 0 atom stereocenters. The van der Waals surface area contributed by atoms with Gasteiger partial charge in [-0.25, -0.2) is 0 Å². The zero-order valence-electron chi connectivity index (χ0n) is 12.9. The van der Waals surface area contributed by atoms with Crippen LogP contribution in [0.2, 0.25) is 0 Å². The average Bonchev–Trinajstić information content (AvgIpc) is 3.12. The van der Waals surface area contributed by atoms with Gasteiger partial charge in [-0.1, -0.05) is 5.16 Å². The number of benzene rings is 1. The number of aryl methyl sites for hydroxylation is 1. The highest BCUT2D eigenvalue weighted by molar-refractivity contribution is 6.23. The molecule has 0 aliphatic carbocycles. The summed E-state index contributed by atoms with van der Waals surface area (Å²) in [7, 11) is 0. The molecule has 0 saturated carbocycles. The molecule has 0 unspecified atom stereocenters. The van der Waals surface area contributed by atoms with E-state index in [4.69, 9.17) is 10.3 Å². The van der Waals surface area contributed by atoms with E-state index in [0.717, 1.165) is 6.07 Å². The number of nitrogens with one attached hydrogen (secondary N) is 1.